The normalized spacial score (nSPS) is 12.9. The fraction of sp³-hybridized carbons (Fsp3) is 0.652. The number of rotatable bonds is 11. The second-order valence-electron chi connectivity index (χ2n) is 7.60. The van der Waals surface area contributed by atoms with Gasteiger partial charge in [0.25, 0.3) is 5.69 Å². The average Bonchev–Trinajstić information content (AvgIpc) is 2.81. The molecular weight excluding hydrogens is 459 g/mol. The molecule has 2 unspecified atom stereocenters. The molecule has 0 heterocycles. The van der Waals surface area contributed by atoms with Gasteiger partial charge in [-0.25, -0.2) is 0 Å². The first kappa shape index (κ1) is 29.9. The molecule has 1 aromatic rings. The van der Waals surface area contributed by atoms with Gasteiger partial charge in [-0.3, -0.25) is 19.6 Å². The summed E-state index contributed by atoms with van der Waals surface area (Å²) in [4.78, 5) is 35.4. The number of nitro benzene ring substituents is 1. The Balaban J connectivity index is 0. The van der Waals surface area contributed by atoms with E-state index >= 15 is 0 Å². The minimum absolute atomic E-state index is 0.00827. The van der Waals surface area contributed by atoms with Crippen LogP contribution in [0.25, 0.3) is 0 Å². The molecule has 1 aromatic carbocycles. The van der Waals surface area contributed by atoms with Gasteiger partial charge in [0, 0.05) is 54.5 Å². The van der Waals surface area contributed by atoms with Crippen LogP contribution in [0.2, 0.25) is 0 Å². The van der Waals surface area contributed by atoms with E-state index in [1.54, 1.807) is 23.7 Å². The Morgan fingerprint density at radius 3 is 2.41 bits per heavy atom. The minimum atomic E-state index is -2.18. The van der Waals surface area contributed by atoms with Crippen molar-refractivity contribution in [1.82, 2.24) is 9.99 Å². The van der Waals surface area contributed by atoms with E-state index in [4.69, 9.17) is 12.6 Å². The largest absolute Gasteiger partial charge is 0.796 e. The van der Waals surface area contributed by atoms with Crippen LogP contribution in [-0.2, 0) is 15.9 Å². The lowest BCUT2D eigenvalue weighted by atomic mass is 10.0. The zero-order valence-electron chi connectivity index (χ0n) is 23.2. The Morgan fingerprint density at radius 2 is 1.97 bits per heavy atom. The molecule has 194 valence electrons. The number of carbonyl (C=O) groups excluding carboxylic acids is 1. The van der Waals surface area contributed by atoms with Gasteiger partial charge in [0.15, 0.2) is 0 Å². The highest BCUT2D eigenvalue weighted by Crippen LogP contribution is 2.43. The van der Waals surface area contributed by atoms with Crippen LogP contribution in [0.5, 0.6) is 0 Å². The fourth-order valence-corrected chi connectivity index (χ4v) is 4.12. The fourth-order valence-electron chi connectivity index (χ4n) is 2.88. The molecule has 0 fully saturated rings. The van der Waals surface area contributed by atoms with E-state index in [9.17, 15) is 19.8 Å². The molecule has 2 atom stereocenters. The highest BCUT2D eigenvalue weighted by molar-refractivity contribution is 7.42. The molecule has 0 bridgehead atoms. The molecule has 0 radical (unpaired) electrons. The summed E-state index contributed by atoms with van der Waals surface area (Å²) >= 11 is 0. The molecule has 1 amide bonds. The maximum absolute atomic E-state index is 12.7. The summed E-state index contributed by atoms with van der Waals surface area (Å²) in [5, 5.41) is 25.3. The van der Waals surface area contributed by atoms with Gasteiger partial charge in [-0.2, -0.15) is 5.26 Å². The molecule has 1 rings (SSSR count). The minimum Gasteiger partial charge on any atom is -0.796 e. The maximum Gasteiger partial charge on any atom is 0.275 e. The molecule has 0 saturated heterocycles. The Bertz CT molecular complexity index is 803. The van der Waals surface area contributed by atoms with Crippen molar-refractivity contribution in [2.45, 2.75) is 92.4 Å². The van der Waals surface area contributed by atoms with E-state index < -0.39 is 19.6 Å². The quantitative estimate of drug-likeness (QED) is 0.258. The molecule has 0 aromatic heterocycles. The Hall–Kier alpha value is -2.15. The third-order valence-corrected chi connectivity index (χ3v) is 6.07. The van der Waals surface area contributed by atoms with E-state index in [-0.39, 0.29) is 43.5 Å². The predicted molar refractivity (Wildman–Crippen MR) is 132 cm³/mol. The van der Waals surface area contributed by atoms with Crippen LogP contribution in [0.15, 0.2) is 18.2 Å². The van der Waals surface area contributed by atoms with E-state index in [0.29, 0.717) is 24.0 Å². The van der Waals surface area contributed by atoms with Crippen molar-refractivity contribution in [2.24, 2.45) is 0 Å². The monoisotopic (exact) mass is 502 g/mol. The average molecular weight is 503 g/mol. The molecule has 2 N–H and O–H groups in total. The number of nitro groups is 1. The summed E-state index contributed by atoms with van der Waals surface area (Å²) in [6.07, 6.45) is 0.610. The number of amides is 1. The number of nitriles is 1. The van der Waals surface area contributed by atoms with Gasteiger partial charge in [0.2, 0.25) is 7.34 Å². The van der Waals surface area contributed by atoms with Crippen LogP contribution in [0.1, 0.15) is 86.3 Å². The summed E-state index contributed by atoms with van der Waals surface area (Å²) in [5.41, 5.74) is 0.870. The Kier molecular flexibility index (Phi) is 16.9. The third-order valence-electron chi connectivity index (χ3n) is 4.27. The Labute approximate surface area is 207 Å². The van der Waals surface area contributed by atoms with E-state index in [1.165, 1.54) is 13.2 Å². The lowest BCUT2D eigenvalue weighted by molar-refractivity contribution is -0.386. The molecular formula is C23H40N4O6P-. The molecule has 0 aliphatic heterocycles. The number of benzene rings is 1. The third kappa shape index (κ3) is 12.9. The van der Waals surface area contributed by atoms with Crippen LogP contribution >= 0.6 is 8.53 Å². The van der Waals surface area contributed by atoms with Crippen molar-refractivity contribution in [2.75, 3.05) is 7.11 Å². The zero-order chi connectivity index (χ0) is 28.3. The van der Waals surface area contributed by atoms with Gasteiger partial charge in [0.05, 0.1) is 22.7 Å². The summed E-state index contributed by atoms with van der Waals surface area (Å²) in [6, 6.07) is 6.47. The van der Waals surface area contributed by atoms with Gasteiger partial charge in [-0.1, -0.05) is 19.9 Å². The maximum atomic E-state index is 12.7. The van der Waals surface area contributed by atoms with Gasteiger partial charge in [0.1, 0.15) is 0 Å². The van der Waals surface area contributed by atoms with Crippen LogP contribution in [0.3, 0.4) is 0 Å². The SMILES string of the molecule is CCC#N.[2H]CCCC(=O)NCc1ccc([N+](=O)[O-])c(C(C)OP([O-])N(C(C)C)C(C)C)c1.[3H]OC. The second-order valence-corrected chi connectivity index (χ2v) is 8.74. The highest BCUT2D eigenvalue weighted by Gasteiger charge is 2.24. The Morgan fingerprint density at radius 1 is 1.41 bits per heavy atom. The van der Waals surface area contributed by atoms with E-state index in [0.717, 1.165) is 0 Å². The number of hydrogen-bond donors (Lipinski definition) is 2. The molecule has 0 aliphatic carbocycles. The van der Waals surface area contributed by atoms with Gasteiger partial charge in [-0.15, -0.1) is 0 Å². The summed E-state index contributed by atoms with van der Waals surface area (Å²) < 4.78 is 20.2. The number of carbonyl (C=O) groups is 1. The van der Waals surface area contributed by atoms with Crippen molar-refractivity contribution in [1.29, 1.82) is 6.69 Å². The lowest BCUT2D eigenvalue weighted by Crippen LogP contribution is -2.36. The summed E-state index contributed by atoms with van der Waals surface area (Å²) in [5.74, 6) is -0.172. The highest BCUT2D eigenvalue weighted by atomic mass is 31.2. The first-order valence-electron chi connectivity index (χ1n) is 12.1. The molecule has 10 nitrogen and oxygen atoms in total. The standard InChI is InChI=1S/C19H31N3O5P.C3H5N.CH4O/c1-7-8-19(23)20-12-16-9-10-18(22(24)25)17(11-16)15(6)27-28(26)21(13(2)3)14(4)5;1-2-3-4;1-2/h9-11,13-15H,7-8,12H2,1-6H3,(H,20,23);2H2,1H3;2H,1H3/q-1;;/i1D;;2T. The molecule has 34 heavy (non-hydrogen) atoms. The number of hydrogen-bond acceptors (Lipinski definition) is 8. The number of nitrogens with zero attached hydrogens (tertiary/aromatic N) is 3. The van der Waals surface area contributed by atoms with Crippen LogP contribution in [0, 0.1) is 21.4 Å². The van der Waals surface area contributed by atoms with Crippen molar-refractivity contribution in [3.05, 3.63) is 39.4 Å². The second kappa shape index (κ2) is 19.2. The first-order chi connectivity index (χ1) is 16.9. The van der Waals surface area contributed by atoms with Crippen molar-refractivity contribution < 1.29 is 25.6 Å². The van der Waals surface area contributed by atoms with E-state index in [2.05, 4.69) is 10.4 Å². The molecule has 11 heteroatoms. The number of aliphatic hydroxyl groups excluding tert-OH is 1. The smallest absolute Gasteiger partial charge is 0.275 e. The molecule has 0 spiro atoms. The van der Waals surface area contributed by atoms with Crippen LogP contribution in [0.4, 0.5) is 5.69 Å². The van der Waals surface area contributed by atoms with Crippen LogP contribution in [-0.4, -0.2) is 41.2 Å². The van der Waals surface area contributed by atoms with Crippen molar-refractivity contribution in [3.63, 3.8) is 0 Å². The van der Waals surface area contributed by atoms with E-state index in [1.807, 2.05) is 40.7 Å². The van der Waals surface area contributed by atoms with Gasteiger partial charge in [-0.05, 0) is 52.7 Å². The van der Waals surface area contributed by atoms with Crippen molar-refractivity contribution >= 4 is 20.1 Å². The number of nitrogens with one attached hydrogen (secondary N) is 1. The van der Waals surface area contributed by atoms with Crippen LogP contribution < -0.4 is 10.2 Å². The van der Waals surface area contributed by atoms with Gasteiger partial charge >= 0.3 is 0 Å². The predicted octanol–water partition coefficient (Wildman–Crippen LogP) is 4.32. The summed E-state index contributed by atoms with van der Waals surface area (Å²) in [6.45, 7) is 11.5. The zero-order valence-corrected chi connectivity index (χ0v) is 22.1. The first-order valence-corrected chi connectivity index (χ1v) is 12.2. The molecule has 0 saturated carbocycles. The topological polar surface area (TPSA) is 152 Å². The molecule has 0 aliphatic rings. The van der Waals surface area contributed by atoms with Crippen molar-refractivity contribution in [3.8, 4) is 6.07 Å². The van der Waals surface area contributed by atoms with Gasteiger partial charge < -0.3 is 19.8 Å². The summed E-state index contributed by atoms with van der Waals surface area (Å²) in [7, 11) is -0.887. The lowest BCUT2D eigenvalue weighted by Gasteiger charge is -2.42. The number of aliphatic hydroxyl groups is 1.